The van der Waals surface area contributed by atoms with E-state index < -0.39 is 28.0 Å². The minimum absolute atomic E-state index is 0.0319. The monoisotopic (exact) mass is 764 g/mol. The first-order valence-corrected chi connectivity index (χ1v) is 19.9. The van der Waals surface area contributed by atoms with Crippen molar-refractivity contribution >= 4 is 56.4 Å². The van der Waals surface area contributed by atoms with E-state index in [4.69, 9.17) is 5.11 Å². The van der Waals surface area contributed by atoms with E-state index in [9.17, 15) is 32.7 Å². The van der Waals surface area contributed by atoms with Gasteiger partial charge in [0.25, 0.3) is 15.9 Å². The molecule has 0 saturated heterocycles. The minimum atomic E-state index is -4.15. The number of carbonyl (C=O) groups excluding carboxylic acids is 2. The summed E-state index contributed by atoms with van der Waals surface area (Å²) in [4.78, 5) is 51.9. The summed E-state index contributed by atoms with van der Waals surface area (Å²) in [5, 5.41) is 21.4. The highest BCUT2D eigenvalue weighted by atomic mass is 32.2. The van der Waals surface area contributed by atoms with Gasteiger partial charge in [-0.25, -0.2) is 18.0 Å². The summed E-state index contributed by atoms with van der Waals surface area (Å²) in [6, 6.07) is 25.4. The quantitative estimate of drug-likeness (QED) is 0.0958. The zero-order chi connectivity index (χ0) is 38.6. The summed E-state index contributed by atoms with van der Waals surface area (Å²) in [7, 11) is -4.15. The lowest BCUT2D eigenvalue weighted by molar-refractivity contribution is 0.0686. The molecule has 0 fully saturated rings. The van der Waals surface area contributed by atoms with E-state index in [1.807, 2.05) is 36.4 Å². The molecule has 0 spiro atoms. The van der Waals surface area contributed by atoms with Gasteiger partial charge in [-0.05, 0) is 130 Å². The van der Waals surface area contributed by atoms with Gasteiger partial charge >= 0.3 is 11.9 Å². The molecule has 0 radical (unpaired) electrons. The Morgan fingerprint density at radius 3 is 1.93 bits per heavy atom. The first kappa shape index (κ1) is 38.1. The fourth-order valence-electron chi connectivity index (χ4n) is 6.72. The van der Waals surface area contributed by atoms with Crippen molar-refractivity contribution in [3.8, 4) is 0 Å². The van der Waals surface area contributed by atoms with Crippen LogP contribution in [0.2, 0.25) is 0 Å². The van der Waals surface area contributed by atoms with Crippen LogP contribution in [0, 0.1) is 0 Å². The molecule has 3 N–H and O–H groups in total. The van der Waals surface area contributed by atoms with Crippen LogP contribution in [-0.2, 0) is 42.1 Å². The number of aryl methyl sites for hydroxylation is 3. The summed E-state index contributed by atoms with van der Waals surface area (Å²) < 4.78 is 29.1. The van der Waals surface area contributed by atoms with Gasteiger partial charge in [0.05, 0.1) is 27.3 Å². The van der Waals surface area contributed by atoms with Crippen molar-refractivity contribution in [1.29, 1.82) is 0 Å². The Labute approximate surface area is 318 Å². The molecular formula is C42H40N2O8S2. The first-order chi connectivity index (χ1) is 25.8. The summed E-state index contributed by atoms with van der Waals surface area (Å²) in [5.74, 6) is -2.69. The van der Waals surface area contributed by atoms with E-state index in [0.717, 1.165) is 60.1 Å². The number of carbonyl (C=O) groups is 4. The van der Waals surface area contributed by atoms with Gasteiger partial charge in [0, 0.05) is 33.5 Å². The second kappa shape index (κ2) is 16.2. The predicted molar refractivity (Wildman–Crippen MR) is 209 cm³/mol. The molecule has 0 atom stereocenters. The minimum Gasteiger partial charge on any atom is -0.478 e. The Hall–Kier alpha value is -5.59. The van der Waals surface area contributed by atoms with Gasteiger partial charge < -0.3 is 15.5 Å². The Kier molecular flexibility index (Phi) is 11.4. The number of carboxylic acid groups (broad SMARTS) is 2. The normalized spacial score (nSPS) is 12.6. The molecule has 4 aromatic carbocycles. The Bertz CT molecular complexity index is 2310. The molecule has 0 bridgehead atoms. The van der Waals surface area contributed by atoms with E-state index in [2.05, 4.69) is 5.32 Å². The highest BCUT2D eigenvalue weighted by Crippen LogP contribution is 2.36. The Morgan fingerprint density at radius 1 is 0.759 bits per heavy atom. The molecule has 10 nitrogen and oxygen atoms in total. The number of benzene rings is 4. The van der Waals surface area contributed by atoms with Gasteiger partial charge in [0.15, 0.2) is 5.78 Å². The SMILES string of the molecule is CC(C)N(c1ccc(C(=O)O)cc1)S(=O)(=O)c1cccc(C(=O)Cc2sc3c(c2C(=O)Nc2ccc(CCc4ccc(C(=O)O)cc4)cc2)CCCC3)c1. The number of rotatable bonds is 14. The van der Waals surface area contributed by atoms with Crippen LogP contribution in [0.1, 0.15) is 94.6 Å². The number of aromatic carboxylic acids is 2. The number of nitrogens with zero attached hydrogens (tertiary/aromatic N) is 1. The molecule has 1 aromatic heterocycles. The third kappa shape index (κ3) is 8.45. The molecule has 0 unspecified atom stereocenters. The van der Waals surface area contributed by atoms with Crippen LogP contribution in [0.5, 0.6) is 0 Å². The smallest absolute Gasteiger partial charge is 0.335 e. The molecule has 1 aliphatic carbocycles. The number of carboxylic acids is 2. The maximum Gasteiger partial charge on any atom is 0.335 e. The molecule has 1 heterocycles. The summed E-state index contributed by atoms with van der Waals surface area (Å²) in [5.41, 5.74) is 4.96. The fourth-order valence-corrected chi connectivity index (χ4v) is 9.82. The van der Waals surface area contributed by atoms with Gasteiger partial charge in [-0.15, -0.1) is 11.3 Å². The molecule has 0 saturated carbocycles. The van der Waals surface area contributed by atoms with Gasteiger partial charge in [0.1, 0.15) is 0 Å². The van der Waals surface area contributed by atoms with Crippen molar-refractivity contribution in [1.82, 2.24) is 0 Å². The second-order valence-electron chi connectivity index (χ2n) is 13.5. The lowest BCUT2D eigenvalue weighted by Crippen LogP contribution is -2.37. The van der Waals surface area contributed by atoms with E-state index in [1.54, 1.807) is 32.0 Å². The zero-order valence-corrected chi connectivity index (χ0v) is 31.5. The third-order valence-corrected chi connectivity index (χ3v) is 12.7. The average Bonchev–Trinajstić information content (AvgIpc) is 3.52. The summed E-state index contributed by atoms with van der Waals surface area (Å²) in [6.45, 7) is 3.42. The predicted octanol–water partition coefficient (Wildman–Crippen LogP) is 8.09. The van der Waals surface area contributed by atoms with E-state index in [1.165, 1.54) is 58.1 Å². The van der Waals surface area contributed by atoms with Gasteiger partial charge in [-0.3, -0.25) is 13.9 Å². The number of thiophene rings is 1. The molecular weight excluding hydrogens is 725 g/mol. The zero-order valence-electron chi connectivity index (χ0n) is 29.9. The van der Waals surface area contributed by atoms with Crippen LogP contribution in [0.3, 0.4) is 0 Å². The van der Waals surface area contributed by atoms with Crippen LogP contribution in [-0.4, -0.2) is 48.3 Å². The number of hydrogen-bond acceptors (Lipinski definition) is 7. The van der Waals surface area contributed by atoms with Crippen LogP contribution in [0.15, 0.2) is 102 Å². The van der Waals surface area contributed by atoms with Crippen molar-refractivity contribution in [3.63, 3.8) is 0 Å². The number of amides is 1. The van der Waals surface area contributed by atoms with Crippen molar-refractivity contribution in [2.45, 2.75) is 69.7 Å². The highest BCUT2D eigenvalue weighted by Gasteiger charge is 2.30. The van der Waals surface area contributed by atoms with E-state index in [0.29, 0.717) is 21.8 Å². The van der Waals surface area contributed by atoms with Crippen molar-refractivity contribution < 1.29 is 37.8 Å². The molecule has 1 amide bonds. The van der Waals surface area contributed by atoms with Gasteiger partial charge in [-0.2, -0.15) is 0 Å². The van der Waals surface area contributed by atoms with Crippen LogP contribution >= 0.6 is 11.3 Å². The number of anilines is 2. The number of Topliss-reactive ketones (excluding diaryl/α,β-unsaturated/α-hetero) is 1. The van der Waals surface area contributed by atoms with Crippen molar-refractivity contribution in [2.75, 3.05) is 9.62 Å². The number of fused-ring (bicyclic) bond motifs is 1. The molecule has 54 heavy (non-hydrogen) atoms. The molecule has 0 aliphatic heterocycles. The highest BCUT2D eigenvalue weighted by molar-refractivity contribution is 7.92. The number of nitrogens with one attached hydrogen (secondary N) is 1. The van der Waals surface area contributed by atoms with Crippen LogP contribution in [0.4, 0.5) is 11.4 Å². The topological polar surface area (TPSA) is 158 Å². The summed E-state index contributed by atoms with van der Waals surface area (Å²) in [6.07, 6.45) is 4.91. The van der Waals surface area contributed by atoms with E-state index >= 15 is 0 Å². The number of sulfonamides is 1. The van der Waals surface area contributed by atoms with Crippen LogP contribution in [0.25, 0.3) is 0 Å². The van der Waals surface area contributed by atoms with Crippen molar-refractivity contribution in [2.24, 2.45) is 0 Å². The molecule has 12 heteroatoms. The van der Waals surface area contributed by atoms with Gasteiger partial charge in [0.2, 0.25) is 0 Å². The maximum absolute atomic E-state index is 14.0. The molecule has 5 aromatic rings. The van der Waals surface area contributed by atoms with Crippen molar-refractivity contribution in [3.05, 3.63) is 146 Å². The standard InChI is InChI=1S/C42H40N2O8S2/c1-26(2)44(33-22-18-30(19-23-33)42(49)50)54(51,52)34-7-5-6-31(24-34)36(45)25-38-39(35-8-3-4-9-37(35)53-38)40(46)43-32-20-14-28(15-21-32)11-10-27-12-16-29(17-13-27)41(47)48/h5-7,12-24,26H,3-4,8-11,25H2,1-2H3,(H,43,46)(H,47,48)(H,49,50). The number of hydrogen-bond donors (Lipinski definition) is 3. The number of ketones is 1. The largest absolute Gasteiger partial charge is 0.478 e. The first-order valence-electron chi connectivity index (χ1n) is 17.7. The Morgan fingerprint density at radius 2 is 1.33 bits per heavy atom. The Balaban J connectivity index is 1.18. The third-order valence-electron chi connectivity index (χ3n) is 9.46. The lowest BCUT2D eigenvalue weighted by Gasteiger charge is -2.28. The van der Waals surface area contributed by atoms with E-state index in [-0.39, 0.29) is 39.7 Å². The molecule has 6 rings (SSSR count). The van der Waals surface area contributed by atoms with Crippen LogP contribution < -0.4 is 9.62 Å². The second-order valence-corrected chi connectivity index (χ2v) is 16.5. The molecule has 1 aliphatic rings. The molecule has 278 valence electrons. The average molecular weight is 765 g/mol. The van der Waals surface area contributed by atoms with Gasteiger partial charge in [-0.1, -0.05) is 36.4 Å². The lowest BCUT2D eigenvalue weighted by atomic mass is 9.93. The maximum atomic E-state index is 14.0. The summed E-state index contributed by atoms with van der Waals surface area (Å²) >= 11 is 1.47. The fraction of sp³-hybridized carbons (Fsp3) is 0.238.